The van der Waals surface area contributed by atoms with Crippen LogP contribution < -0.4 is 0 Å². The number of phenols is 1. The summed E-state index contributed by atoms with van der Waals surface area (Å²) in [6.07, 6.45) is 1.80. The number of benzene rings is 1. The molecule has 1 unspecified atom stereocenters. The number of aliphatic carboxylic acids is 1. The van der Waals surface area contributed by atoms with E-state index in [1.54, 1.807) is 0 Å². The Balaban J connectivity index is 2.30. The molecule has 16 heavy (non-hydrogen) atoms. The molecule has 3 nitrogen and oxygen atoms in total. The summed E-state index contributed by atoms with van der Waals surface area (Å²) < 4.78 is 13.6. The molecule has 1 aromatic carbocycles. The Hall–Kier alpha value is -1.58. The third-order valence-electron chi connectivity index (χ3n) is 2.96. The third kappa shape index (κ3) is 2.32. The van der Waals surface area contributed by atoms with E-state index < -0.39 is 11.8 Å². The molecule has 1 atom stereocenters. The summed E-state index contributed by atoms with van der Waals surface area (Å²) in [6, 6.07) is 3.78. The number of rotatable bonds is 4. The standard InChI is InChI=1S/C12H13FO3/c13-11-4-3-8(14)5-10(11)9(6-12(15)16)7-1-2-7/h3-5,7,9,14H,1-2,6H2,(H,15,16). The predicted octanol–water partition coefficient (Wildman–Crippen LogP) is 2.50. The van der Waals surface area contributed by atoms with Crippen molar-refractivity contribution < 1.29 is 19.4 Å². The third-order valence-corrected chi connectivity index (χ3v) is 2.96. The van der Waals surface area contributed by atoms with Crippen LogP contribution in [0.25, 0.3) is 0 Å². The van der Waals surface area contributed by atoms with E-state index in [0.29, 0.717) is 5.56 Å². The van der Waals surface area contributed by atoms with E-state index in [1.165, 1.54) is 18.2 Å². The van der Waals surface area contributed by atoms with Crippen LogP contribution >= 0.6 is 0 Å². The number of aromatic hydroxyl groups is 1. The quantitative estimate of drug-likeness (QED) is 0.826. The Morgan fingerprint density at radius 3 is 2.75 bits per heavy atom. The van der Waals surface area contributed by atoms with Gasteiger partial charge in [-0.1, -0.05) is 0 Å². The summed E-state index contributed by atoms with van der Waals surface area (Å²) in [6.45, 7) is 0. The lowest BCUT2D eigenvalue weighted by molar-refractivity contribution is -0.137. The molecule has 86 valence electrons. The van der Waals surface area contributed by atoms with Crippen LogP contribution in [-0.4, -0.2) is 16.2 Å². The van der Waals surface area contributed by atoms with E-state index in [1.807, 2.05) is 0 Å². The number of phenolic OH excluding ortho intramolecular Hbond substituents is 1. The highest BCUT2D eigenvalue weighted by Crippen LogP contribution is 2.45. The number of hydrogen-bond acceptors (Lipinski definition) is 2. The first-order valence-corrected chi connectivity index (χ1v) is 5.28. The number of hydrogen-bond donors (Lipinski definition) is 2. The number of halogens is 1. The molecule has 0 saturated heterocycles. The highest BCUT2D eigenvalue weighted by Gasteiger charge is 2.35. The van der Waals surface area contributed by atoms with Crippen molar-refractivity contribution in [2.24, 2.45) is 5.92 Å². The van der Waals surface area contributed by atoms with Gasteiger partial charge in [0.15, 0.2) is 0 Å². The van der Waals surface area contributed by atoms with Gasteiger partial charge < -0.3 is 10.2 Å². The fourth-order valence-electron chi connectivity index (χ4n) is 2.03. The van der Waals surface area contributed by atoms with Gasteiger partial charge in [-0.2, -0.15) is 0 Å². The second kappa shape index (κ2) is 4.12. The van der Waals surface area contributed by atoms with Gasteiger partial charge in [0.1, 0.15) is 11.6 Å². The lowest BCUT2D eigenvalue weighted by Crippen LogP contribution is -2.10. The number of carboxylic acids is 1. The molecule has 1 fully saturated rings. The first-order chi connectivity index (χ1) is 7.58. The average molecular weight is 224 g/mol. The van der Waals surface area contributed by atoms with Gasteiger partial charge in [0.05, 0.1) is 6.42 Å². The molecule has 1 aliphatic rings. The van der Waals surface area contributed by atoms with E-state index in [4.69, 9.17) is 5.11 Å². The molecule has 0 radical (unpaired) electrons. The predicted molar refractivity (Wildman–Crippen MR) is 55.8 cm³/mol. The maximum atomic E-state index is 13.6. The molecule has 0 heterocycles. The van der Waals surface area contributed by atoms with Gasteiger partial charge in [0.25, 0.3) is 0 Å². The minimum atomic E-state index is -0.931. The molecule has 1 aromatic rings. The zero-order valence-electron chi connectivity index (χ0n) is 8.69. The van der Waals surface area contributed by atoms with Crippen molar-refractivity contribution in [2.75, 3.05) is 0 Å². The highest BCUT2D eigenvalue weighted by molar-refractivity contribution is 5.68. The lowest BCUT2D eigenvalue weighted by Gasteiger charge is -2.15. The molecule has 4 heteroatoms. The Bertz CT molecular complexity index is 413. The van der Waals surface area contributed by atoms with Crippen LogP contribution in [0.3, 0.4) is 0 Å². The van der Waals surface area contributed by atoms with Crippen molar-refractivity contribution >= 4 is 5.97 Å². The molecule has 0 aliphatic heterocycles. The molecule has 2 rings (SSSR count). The fourth-order valence-corrected chi connectivity index (χ4v) is 2.03. The SMILES string of the molecule is O=C(O)CC(c1cc(O)ccc1F)C1CC1. The van der Waals surface area contributed by atoms with Gasteiger partial charge in [0, 0.05) is 5.92 Å². The van der Waals surface area contributed by atoms with Crippen molar-refractivity contribution in [1.29, 1.82) is 0 Å². The van der Waals surface area contributed by atoms with E-state index >= 15 is 0 Å². The number of carboxylic acid groups (broad SMARTS) is 1. The largest absolute Gasteiger partial charge is 0.508 e. The molecule has 1 aliphatic carbocycles. The van der Waals surface area contributed by atoms with Crippen molar-refractivity contribution in [3.05, 3.63) is 29.6 Å². The van der Waals surface area contributed by atoms with Gasteiger partial charge in [-0.25, -0.2) is 4.39 Å². The fraction of sp³-hybridized carbons (Fsp3) is 0.417. The summed E-state index contributed by atoms with van der Waals surface area (Å²) in [4.78, 5) is 10.7. The van der Waals surface area contributed by atoms with Gasteiger partial charge in [-0.15, -0.1) is 0 Å². The molecular weight excluding hydrogens is 211 g/mol. The normalized spacial score (nSPS) is 17.1. The molecule has 2 N–H and O–H groups in total. The van der Waals surface area contributed by atoms with Gasteiger partial charge in [0.2, 0.25) is 0 Å². The minimum absolute atomic E-state index is 0.0209. The van der Waals surface area contributed by atoms with E-state index in [2.05, 4.69) is 0 Å². The van der Waals surface area contributed by atoms with Crippen LogP contribution in [0.1, 0.15) is 30.7 Å². The summed E-state index contributed by atoms with van der Waals surface area (Å²) in [7, 11) is 0. The summed E-state index contributed by atoms with van der Waals surface area (Å²) >= 11 is 0. The van der Waals surface area contributed by atoms with Gasteiger partial charge in [-0.05, 0) is 42.5 Å². The number of carbonyl (C=O) groups is 1. The smallest absolute Gasteiger partial charge is 0.303 e. The minimum Gasteiger partial charge on any atom is -0.508 e. The molecule has 0 spiro atoms. The van der Waals surface area contributed by atoms with Crippen LogP contribution in [0.5, 0.6) is 5.75 Å². The second-order valence-corrected chi connectivity index (χ2v) is 4.25. The molecule has 0 aromatic heterocycles. The van der Waals surface area contributed by atoms with E-state index in [-0.39, 0.29) is 24.0 Å². The molecule has 1 saturated carbocycles. The Morgan fingerprint density at radius 2 is 2.19 bits per heavy atom. The second-order valence-electron chi connectivity index (χ2n) is 4.25. The van der Waals surface area contributed by atoms with Crippen LogP contribution in [0.15, 0.2) is 18.2 Å². The zero-order chi connectivity index (χ0) is 11.7. The Labute approximate surface area is 92.5 Å². The van der Waals surface area contributed by atoms with Crippen molar-refractivity contribution in [2.45, 2.75) is 25.2 Å². The molecular formula is C12H13FO3. The van der Waals surface area contributed by atoms with Gasteiger partial charge >= 0.3 is 5.97 Å². The average Bonchev–Trinajstić information content (AvgIpc) is 3.02. The monoisotopic (exact) mass is 224 g/mol. The van der Waals surface area contributed by atoms with Crippen molar-refractivity contribution in [3.8, 4) is 5.75 Å². The topological polar surface area (TPSA) is 57.5 Å². The maximum Gasteiger partial charge on any atom is 0.303 e. The molecule has 0 amide bonds. The lowest BCUT2D eigenvalue weighted by atomic mass is 9.90. The summed E-state index contributed by atoms with van der Waals surface area (Å²) in [5.74, 6) is -1.46. The molecule has 0 bridgehead atoms. The summed E-state index contributed by atoms with van der Waals surface area (Å²) in [5.41, 5.74) is 0.324. The van der Waals surface area contributed by atoms with Crippen LogP contribution in [-0.2, 0) is 4.79 Å². The van der Waals surface area contributed by atoms with E-state index in [0.717, 1.165) is 12.8 Å². The summed E-state index contributed by atoms with van der Waals surface area (Å²) in [5, 5.41) is 18.1. The maximum absolute atomic E-state index is 13.6. The first kappa shape index (κ1) is 10.9. The Morgan fingerprint density at radius 1 is 1.50 bits per heavy atom. The zero-order valence-corrected chi connectivity index (χ0v) is 8.69. The Kier molecular flexibility index (Phi) is 2.81. The van der Waals surface area contributed by atoms with Crippen molar-refractivity contribution in [3.63, 3.8) is 0 Å². The van der Waals surface area contributed by atoms with Crippen LogP contribution in [0, 0.1) is 11.7 Å². The van der Waals surface area contributed by atoms with Crippen LogP contribution in [0.2, 0.25) is 0 Å². The highest BCUT2D eigenvalue weighted by atomic mass is 19.1. The van der Waals surface area contributed by atoms with Crippen LogP contribution in [0.4, 0.5) is 4.39 Å². The van der Waals surface area contributed by atoms with Gasteiger partial charge in [-0.3, -0.25) is 4.79 Å². The first-order valence-electron chi connectivity index (χ1n) is 5.28. The van der Waals surface area contributed by atoms with Crippen molar-refractivity contribution in [1.82, 2.24) is 0 Å². The van der Waals surface area contributed by atoms with E-state index in [9.17, 15) is 14.3 Å².